The smallest absolute Gasteiger partial charge is 0.169 e. The summed E-state index contributed by atoms with van der Waals surface area (Å²) in [5.74, 6) is 1.34. The largest absolute Gasteiger partial charge is 0.391 e. The van der Waals surface area contributed by atoms with Crippen molar-refractivity contribution in [3.05, 3.63) is 24.3 Å². The molecule has 0 bridgehead atoms. The predicted molar refractivity (Wildman–Crippen MR) is 77.9 cm³/mol. The van der Waals surface area contributed by atoms with Crippen molar-refractivity contribution in [2.24, 2.45) is 5.92 Å². The molecule has 0 spiro atoms. The van der Waals surface area contributed by atoms with E-state index in [0.717, 1.165) is 17.5 Å². The molecule has 1 unspecified atom stereocenters. The highest BCUT2D eigenvalue weighted by Gasteiger charge is 2.09. The van der Waals surface area contributed by atoms with Crippen LogP contribution in [0.1, 0.15) is 20.3 Å². The standard InChI is InChI=1S/C14H20N4O/c1-9(2)7-10(19)8-16-14-13(15)17-11-5-3-4-6-12(11)18-14/h3-6,9-10,19H,7-8H2,1-2H3,(H2,15,17)(H,16,18). The van der Waals surface area contributed by atoms with Crippen LogP contribution in [-0.2, 0) is 0 Å². The van der Waals surface area contributed by atoms with Crippen LogP contribution in [0.3, 0.4) is 0 Å². The quantitative estimate of drug-likeness (QED) is 0.766. The Labute approximate surface area is 112 Å². The molecule has 0 aliphatic heterocycles. The van der Waals surface area contributed by atoms with Crippen LogP contribution in [0, 0.1) is 5.92 Å². The second-order valence-electron chi connectivity index (χ2n) is 5.11. The Balaban J connectivity index is 2.10. The average molecular weight is 260 g/mol. The topological polar surface area (TPSA) is 84.1 Å². The second kappa shape index (κ2) is 5.84. The molecular formula is C14H20N4O. The van der Waals surface area contributed by atoms with Crippen LogP contribution in [0.5, 0.6) is 0 Å². The highest BCUT2D eigenvalue weighted by molar-refractivity contribution is 5.79. The van der Waals surface area contributed by atoms with Crippen LogP contribution in [-0.4, -0.2) is 27.7 Å². The normalized spacial score (nSPS) is 12.8. The Bertz CT molecular complexity index is 556. The third kappa shape index (κ3) is 3.54. The summed E-state index contributed by atoms with van der Waals surface area (Å²) in [6, 6.07) is 7.56. The van der Waals surface area contributed by atoms with Crippen LogP contribution < -0.4 is 11.1 Å². The number of aliphatic hydroxyl groups is 1. The third-order valence-electron chi connectivity index (χ3n) is 2.85. The molecule has 1 atom stereocenters. The highest BCUT2D eigenvalue weighted by Crippen LogP contribution is 2.18. The number of anilines is 2. The molecule has 0 radical (unpaired) electrons. The van der Waals surface area contributed by atoms with Crippen LogP contribution >= 0.6 is 0 Å². The lowest BCUT2D eigenvalue weighted by atomic mass is 10.1. The number of aromatic nitrogens is 2. The zero-order valence-corrected chi connectivity index (χ0v) is 11.3. The van der Waals surface area contributed by atoms with E-state index >= 15 is 0 Å². The summed E-state index contributed by atoms with van der Waals surface area (Å²) < 4.78 is 0. The maximum absolute atomic E-state index is 9.83. The minimum absolute atomic E-state index is 0.357. The zero-order valence-electron chi connectivity index (χ0n) is 11.3. The van der Waals surface area contributed by atoms with Gasteiger partial charge in [-0.25, -0.2) is 9.97 Å². The zero-order chi connectivity index (χ0) is 13.8. The summed E-state index contributed by atoms with van der Waals surface area (Å²) in [4.78, 5) is 8.70. The Kier molecular flexibility index (Phi) is 4.16. The van der Waals surface area contributed by atoms with Crippen molar-refractivity contribution in [3.63, 3.8) is 0 Å². The predicted octanol–water partition coefficient (Wildman–Crippen LogP) is 2.03. The molecule has 2 rings (SSSR count). The molecule has 5 heteroatoms. The molecule has 0 fully saturated rings. The molecule has 2 aromatic rings. The number of rotatable bonds is 5. The number of aliphatic hydroxyl groups excluding tert-OH is 1. The van der Waals surface area contributed by atoms with Gasteiger partial charge in [0.2, 0.25) is 0 Å². The van der Waals surface area contributed by atoms with E-state index in [4.69, 9.17) is 5.73 Å². The number of fused-ring (bicyclic) bond motifs is 1. The summed E-state index contributed by atoms with van der Waals surface area (Å²) in [6.07, 6.45) is 0.334. The summed E-state index contributed by atoms with van der Waals surface area (Å²) >= 11 is 0. The maximum Gasteiger partial charge on any atom is 0.169 e. The molecule has 0 saturated heterocycles. The minimum Gasteiger partial charge on any atom is -0.391 e. The first-order valence-corrected chi connectivity index (χ1v) is 6.50. The van der Waals surface area contributed by atoms with Gasteiger partial charge in [0.05, 0.1) is 17.1 Å². The summed E-state index contributed by atoms with van der Waals surface area (Å²) in [5.41, 5.74) is 7.42. The Morgan fingerprint density at radius 3 is 2.47 bits per heavy atom. The molecule has 1 aromatic heterocycles. The van der Waals surface area contributed by atoms with Crippen LogP contribution in [0.2, 0.25) is 0 Å². The first kappa shape index (κ1) is 13.5. The molecule has 0 aliphatic carbocycles. The molecule has 0 aliphatic rings. The Morgan fingerprint density at radius 2 is 1.84 bits per heavy atom. The van der Waals surface area contributed by atoms with Gasteiger partial charge in [0, 0.05) is 6.54 Å². The van der Waals surface area contributed by atoms with Crippen LogP contribution in [0.4, 0.5) is 11.6 Å². The number of nitrogens with one attached hydrogen (secondary N) is 1. The fourth-order valence-electron chi connectivity index (χ4n) is 1.99. The lowest BCUT2D eigenvalue weighted by molar-refractivity contribution is 0.161. The van der Waals surface area contributed by atoms with Gasteiger partial charge < -0.3 is 16.2 Å². The van der Waals surface area contributed by atoms with E-state index in [1.807, 2.05) is 24.3 Å². The van der Waals surface area contributed by atoms with Crippen molar-refractivity contribution in [2.75, 3.05) is 17.6 Å². The van der Waals surface area contributed by atoms with Crippen molar-refractivity contribution in [1.82, 2.24) is 9.97 Å². The average Bonchev–Trinajstić information content (AvgIpc) is 2.35. The molecule has 1 heterocycles. The van der Waals surface area contributed by atoms with Crippen molar-refractivity contribution >= 4 is 22.7 Å². The number of nitrogen functional groups attached to an aromatic ring is 1. The van der Waals surface area contributed by atoms with Gasteiger partial charge in [0.1, 0.15) is 0 Å². The first-order chi connectivity index (χ1) is 9.06. The fourth-order valence-corrected chi connectivity index (χ4v) is 1.99. The van der Waals surface area contributed by atoms with Crippen molar-refractivity contribution in [3.8, 4) is 0 Å². The molecule has 102 valence electrons. The van der Waals surface area contributed by atoms with Gasteiger partial charge in [-0.3, -0.25) is 0 Å². The van der Waals surface area contributed by atoms with Crippen molar-refractivity contribution in [1.29, 1.82) is 0 Å². The fraction of sp³-hybridized carbons (Fsp3) is 0.429. The second-order valence-corrected chi connectivity index (χ2v) is 5.11. The highest BCUT2D eigenvalue weighted by atomic mass is 16.3. The van der Waals surface area contributed by atoms with Gasteiger partial charge in [-0.2, -0.15) is 0 Å². The molecule has 19 heavy (non-hydrogen) atoms. The first-order valence-electron chi connectivity index (χ1n) is 6.50. The van der Waals surface area contributed by atoms with Crippen molar-refractivity contribution < 1.29 is 5.11 Å². The van der Waals surface area contributed by atoms with Crippen LogP contribution in [0.25, 0.3) is 11.0 Å². The lowest BCUT2D eigenvalue weighted by Gasteiger charge is -2.15. The van der Waals surface area contributed by atoms with E-state index in [1.54, 1.807) is 0 Å². The Hall–Kier alpha value is -1.88. The van der Waals surface area contributed by atoms with E-state index in [-0.39, 0.29) is 0 Å². The summed E-state index contributed by atoms with van der Waals surface area (Å²) in [5, 5.41) is 12.9. The van der Waals surface area contributed by atoms with Gasteiger partial charge in [0.15, 0.2) is 11.6 Å². The third-order valence-corrected chi connectivity index (χ3v) is 2.85. The molecule has 4 N–H and O–H groups in total. The minimum atomic E-state index is -0.410. The number of hydrogen-bond donors (Lipinski definition) is 3. The van der Waals surface area contributed by atoms with Gasteiger partial charge >= 0.3 is 0 Å². The molecule has 5 nitrogen and oxygen atoms in total. The molecule has 0 saturated carbocycles. The Morgan fingerprint density at radius 1 is 1.21 bits per heavy atom. The number of benzene rings is 1. The molecular weight excluding hydrogens is 240 g/mol. The van der Waals surface area contributed by atoms with E-state index in [9.17, 15) is 5.11 Å². The van der Waals surface area contributed by atoms with Gasteiger partial charge in [-0.1, -0.05) is 26.0 Å². The SMILES string of the molecule is CC(C)CC(O)CNc1nc2ccccc2nc1N. The number of nitrogens with zero attached hydrogens (tertiary/aromatic N) is 2. The van der Waals surface area contributed by atoms with E-state index in [0.29, 0.717) is 24.1 Å². The van der Waals surface area contributed by atoms with E-state index in [2.05, 4.69) is 29.1 Å². The number of hydrogen-bond acceptors (Lipinski definition) is 5. The maximum atomic E-state index is 9.83. The summed E-state index contributed by atoms with van der Waals surface area (Å²) in [6.45, 7) is 4.58. The molecule has 1 aromatic carbocycles. The van der Waals surface area contributed by atoms with Gasteiger partial charge in [0.25, 0.3) is 0 Å². The van der Waals surface area contributed by atoms with E-state index < -0.39 is 6.10 Å². The monoisotopic (exact) mass is 260 g/mol. The summed E-state index contributed by atoms with van der Waals surface area (Å²) in [7, 11) is 0. The lowest BCUT2D eigenvalue weighted by Crippen LogP contribution is -2.22. The van der Waals surface area contributed by atoms with Gasteiger partial charge in [-0.15, -0.1) is 0 Å². The number of para-hydroxylation sites is 2. The van der Waals surface area contributed by atoms with E-state index in [1.165, 1.54) is 0 Å². The molecule has 0 amide bonds. The number of nitrogens with two attached hydrogens (primary N) is 1. The van der Waals surface area contributed by atoms with Crippen molar-refractivity contribution in [2.45, 2.75) is 26.4 Å². The van der Waals surface area contributed by atoms with Gasteiger partial charge in [-0.05, 0) is 24.5 Å². The van der Waals surface area contributed by atoms with Crippen LogP contribution in [0.15, 0.2) is 24.3 Å².